The molecule has 1 heterocycles. The molecule has 0 aromatic heterocycles. The summed E-state index contributed by atoms with van der Waals surface area (Å²) in [5, 5.41) is 3.17. The van der Waals surface area contributed by atoms with E-state index in [2.05, 4.69) is 5.32 Å². The summed E-state index contributed by atoms with van der Waals surface area (Å²) in [6.45, 7) is 2.59. The second-order valence-corrected chi connectivity index (χ2v) is 9.57. The van der Waals surface area contributed by atoms with Crippen molar-refractivity contribution < 1.29 is 17.9 Å². The van der Waals surface area contributed by atoms with Gasteiger partial charge in [-0.1, -0.05) is 19.3 Å². The molecule has 0 unspecified atom stereocenters. The second-order valence-electron chi connectivity index (χ2n) is 7.48. The molecule has 0 radical (unpaired) electrons. The normalized spacial score (nSPS) is 19.3. The van der Waals surface area contributed by atoms with Gasteiger partial charge in [-0.15, -0.1) is 0 Å². The molecule has 2 aliphatic rings. The fourth-order valence-corrected chi connectivity index (χ4v) is 5.43. The Labute approximate surface area is 168 Å². The predicted molar refractivity (Wildman–Crippen MR) is 109 cm³/mol. The Morgan fingerprint density at radius 3 is 2.39 bits per heavy atom. The zero-order chi connectivity index (χ0) is 20.0. The molecule has 3 rings (SSSR count). The maximum Gasteiger partial charge on any atom is 0.254 e. The molecule has 0 spiro atoms. The van der Waals surface area contributed by atoms with Crippen molar-refractivity contribution in [1.82, 2.24) is 14.5 Å². The average Bonchev–Trinajstić information content (AvgIpc) is 2.75. The number of rotatable bonds is 7. The van der Waals surface area contributed by atoms with Crippen LogP contribution in [0.25, 0.3) is 0 Å². The number of hydrogen-bond donors (Lipinski definition) is 1. The minimum atomic E-state index is -3.36. The number of benzene rings is 1. The molecule has 0 atom stereocenters. The minimum absolute atomic E-state index is 0.0224. The quantitative estimate of drug-likeness (QED) is 0.742. The molecule has 1 aromatic carbocycles. The van der Waals surface area contributed by atoms with E-state index >= 15 is 0 Å². The summed E-state index contributed by atoms with van der Waals surface area (Å²) in [5.74, 6) is 0.581. The number of carbonyl (C=O) groups is 1. The fraction of sp³-hybridized carbons (Fsp3) is 0.650. The summed E-state index contributed by atoms with van der Waals surface area (Å²) in [6, 6.07) is 7.15. The topological polar surface area (TPSA) is 79.0 Å². The Kier molecular flexibility index (Phi) is 7.31. The summed E-state index contributed by atoms with van der Waals surface area (Å²) in [5.41, 5.74) is 0.575. The van der Waals surface area contributed by atoms with Crippen LogP contribution in [0.2, 0.25) is 0 Å². The van der Waals surface area contributed by atoms with E-state index in [4.69, 9.17) is 4.74 Å². The van der Waals surface area contributed by atoms with Crippen LogP contribution in [-0.4, -0.2) is 75.2 Å². The van der Waals surface area contributed by atoms with Gasteiger partial charge in [0.05, 0.1) is 12.9 Å². The van der Waals surface area contributed by atoms with Gasteiger partial charge in [0, 0.05) is 44.3 Å². The highest BCUT2D eigenvalue weighted by Gasteiger charge is 2.30. The van der Waals surface area contributed by atoms with Crippen LogP contribution >= 0.6 is 0 Å². The molecule has 1 saturated heterocycles. The van der Waals surface area contributed by atoms with Gasteiger partial charge in [-0.25, -0.2) is 8.42 Å². The standard InChI is InChI=1S/C20H31N3O4S/c1-27-19-9-7-17(8-10-19)20(24)23(18-5-3-2-4-6-18)15-16-28(25,26)22-13-11-21-12-14-22/h7-10,18,21H,2-6,11-16H2,1H3. The van der Waals surface area contributed by atoms with Gasteiger partial charge in [0.2, 0.25) is 10.0 Å². The van der Waals surface area contributed by atoms with Crippen molar-refractivity contribution >= 4 is 15.9 Å². The Morgan fingerprint density at radius 2 is 1.79 bits per heavy atom. The average molecular weight is 410 g/mol. The lowest BCUT2D eigenvalue weighted by molar-refractivity contribution is 0.0649. The molecular weight excluding hydrogens is 378 g/mol. The van der Waals surface area contributed by atoms with Crippen molar-refractivity contribution in [3.63, 3.8) is 0 Å². The molecule has 7 nitrogen and oxygen atoms in total. The van der Waals surface area contributed by atoms with Gasteiger partial charge < -0.3 is 15.0 Å². The molecule has 0 bridgehead atoms. The lowest BCUT2D eigenvalue weighted by atomic mass is 9.93. The van der Waals surface area contributed by atoms with Crippen LogP contribution in [-0.2, 0) is 10.0 Å². The molecule has 2 fully saturated rings. The predicted octanol–water partition coefficient (Wildman–Crippen LogP) is 1.71. The summed E-state index contributed by atoms with van der Waals surface area (Å²) >= 11 is 0. The molecule has 156 valence electrons. The van der Waals surface area contributed by atoms with E-state index in [9.17, 15) is 13.2 Å². The van der Waals surface area contributed by atoms with E-state index in [0.29, 0.717) is 37.5 Å². The number of ether oxygens (including phenoxy) is 1. The van der Waals surface area contributed by atoms with E-state index in [1.165, 1.54) is 6.42 Å². The molecule has 28 heavy (non-hydrogen) atoms. The van der Waals surface area contributed by atoms with Crippen molar-refractivity contribution in [2.75, 3.05) is 45.6 Å². The summed E-state index contributed by atoms with van der Waals surface area (Å²) in [6.07, 6.45) is 5.23. The summed E-state index contributed by atoms with van der Waals surface area (Å²) in [7, 11) is -1.77. The van der Waals surface area contributed by atoms with Crippen LogP contribution in [0.5, 0.6) is 5.75 Å². The van der Waals surface area contributed by atoms with Crippen molar-refractivity contribution in [2.24, 2.45) is 0 Å². The summed E-state index contributed by atoms with van der Waals surface area (Å²) in [4.78, 5) is 15.0. The number of nitrogens with one attached hydrogen (secondary N) is 1. The molecule has 1 aromatic rings. The highest BCUT2D eigenvalue weighted by molar-refractivity contribution is 7.89. The van der Waals surface area contributed by atoms with Crippen molar-refractivity contribution in [3.05, 3.63) is 29.8 Å². The number of amides is 1. The molecule has 1 aliphatic carbocycles. The van der Waals surface area contributed by atoms with Crippen LogP contribution in [0.4, 0.5) is 0 Å². The summed E-state index contributed by atoms with van der Waals surface area (Å²) < 4.78 is 32.2. The number of carbonyl (C=O) groups excluding carboxylic acids is 1. The first-order chi connectivity index (χ1) is 13.5. The second kappa shape index (κ2) is 9.71. The van der Waals surface area contributed by atoms with E-state index in [1.54, 1.807) is 40.6 Å². The number of methoxy groups -OCH3 is 1. The molecule has 1 saturated carbocycles. The monoisotopic (exact) mass is 409 g/mol. The third kappa shape index (κ3) is 5.24. The number of nitrogens with zero attached hydrogens (tertiary/aromatic N) is 2. The van der Waals surface area contributed by atoms with Crippen LogP contribution in [0.3, 0.4) is 0 Å². The number of sulfonamides is 1. The number of hydrogen-bond acceptors (Lipinski definition) is 5. The lowest BCUT2D eigenvalue weighted by Crippen LogP contribution is -2.49. The third-order valence-corrected chi connectivity index (χ3v) is 7.52. The van der Waals surface area contributed by atoms with Crippen LogP contribution < -0.4 is 10.1 Å². The maximum absolute atomic E-state index is 13.2. The Balaban J connectivity index is 1.73. The van der Waals surface area contributed by atoms with E-state index in [0.717, 1.165) is 25.7 Å². The van der Waals surface area contributed by atoms with E-state index in [1.807, 2.05) is 0 Å². The first-order valence-corrected chi connectivity index (χ1v) is 11.8. The van der Waals surface area contributed by atoms with Crippen molar-refractivity contribution in [1.29, 1.82) is 0 Å². The molecule has 1 amide bonds. The fourth-order valence-electron chi connectivity index (χ4n) is 4.01. The Morgan fingerprint density at radius 1 is 1.14 bits per heavy atom. The van der Waals surface area contributed by atoms with Crippen molar-refractivity contribution in [2.45, 2.75) is 38.1 Å². The smallest absolute Gasteiger partial charge is 0.254 e. The maximum atomic E-state index is 13.2. The highest BCUT2D eigenvalue weighted by atomic mass is 32.2. The first-order valence-electron chi connectivity index (χ1n) is 10.1. The SMILES string of the molecule is COc1ccc(C(=O)N(CCS(=O)(=O)N2CCNCC2)C2CCCCC2)cc1. The van der Waals surface area contributed by atoms with E-state index < -0.39 is 10.0 Å². The minimum Gasteiger partial charge on any atom is -0.497 e. The Hall–Kier alpha value is -1.64. The van der Waals surface area contributed by atoms with Gasteiger partial charge in [-0.3, -0.25) is 4.79 Å². The van der Waals surface area contributed by atoms with Gasteiger partial charge in [-0.05, 0) is 37.1 Å². The zero-order valence-electron chi connectivity index (χ0n) is 16.6. The van der Waals surface area contributed by atoms with E-state index in [-0.39, 0.29) is 24.2 Å². The van der Waals surface area contributed by atoms with Gasteiger partial charge in [0.25, 0.3) is 5.91 Å². The van der Waals surface area contributed by atoms with Crippen LogP contribution in [0.15, 0.2) is 24.3 Å². The highest BCUT2D eigenvalue weighted by Crippen LogP contribution is 2.25. The van der Waals surface area contributed by atoms with Crippen molar-refractivity contribution in [3.8, 4) is 5.75 Å². The molecular formula is C20H31N3O4S. The number of piperazine rings is 1. The molecule has 1 N–H and O–H groups in total. The van der Waals surface area contributed by atoms with Crippen LogP contribution in [0.1, 0.15) is 42.5 Å². The van der Waals surface area contributed by atoms with Gasteiger partial charge in [0.1, 0.15) is 5.75 Å². The first kappa shape index (κ1) is 21.1. The lowest BCUT2D eigenvalue weighted by Gasteiger charge is -2.35. The van der Waals surface area contributed by atoms with Gasteiger partial charge in [-0.2, -0.15) is 4.31 Å². The zero-order valence-corrected chi connectivity index (χ0v) is 17.4. The van der Waals surface area contributed by atoms with Gasteiger partial charge in [0.15, 0.2) is 0 Å². The van der Waals surface area contributed by atoms with Crippen LogP contribution in [0, 0.1) is 0 Å². The Bertz CT molecular complexity index is 739. The van der Waals surface area contributed by atoms with Gasteiger partial charge >= 0.3 is 0 Å². The molecule has 8 heteroatoms. The third-order valence-electron chi connectivity index (χ3n) is 5.67. The molecule has 1 aliphatic heterocycles. The largest absolute Gasteiger partial charge is 0.497 e.